The largest absolute Gasteiger partial charge is 0.351 e. The summed E-state index contributed by atoms with van der Waals surface area (Å²) >= 11 is 0. The molecule has 1 atom stereocenters. The van der Waals surface area contributed by atoms with Gasteiger partial charge in [0.25, 0.3) is 5.91 Å². The summed E-state index contributed by atoms with van der Waals surface area (Å²) in [5.41, 5.74) is 6.19. The average molecular weight is 501 g/mol. The Morgan fingerprint density at radius 3 is 2.50 bits per heavy atom. The van der Waals surface area contributed by atoms with E-state index in [4.69, 9.17) is 4.98 Å². The van der Waals surface area contributed by atoms with Crippen LogP contribution in [0.1, 0.15) is 29.0 Å². The fourth-order valence-electron chi connectivity index (χ4n) is 4.27. The molecule has 9 nitrogen and oxygen atoms in total. The second-order valence-corrected chi connectivity index (χ2v) is 8.92. The van der Waals surface area contributed by atoms with Gasteiger partial charge in [-0.15, -0.1) is 0 Å². The highest BCUT2D eigenvalue weighted by molar-refractivity contribution is 5.98. The monoisotopic (exact) mass is 500 g/mol. The van der Waals surface area contributed by atoms with Gasteiger partial charge in [-0.1, -0.05) is 24.3 Å². The lowest BCUT2D eigenvalue weighted by molar-refractivity contribution is 0.0935. The second kappa shape index (κ2) is 9.98. The molecule has 1 amide bonds. The van der Waals surface area contributed by atoms with E-state index < -0.39 is 0 Å². The van der Waals surface area contributed by atoms with Gasteiger partial charge in [0, 0.05) is 52.5 Å². The van der Waals surface area contributed by atoms with Crippen LogP contribution in [0.2, 0.25) is 0 Å². The molecule has 0 aliphatic carbocycles. The maximum atomic E-state index is 12.9. The number of nitrogens with zero attached hydrogens (tertiary/aromatic N) is 4. The fraction of sp³-hybridized carbons (Fsp3) is 0.0690. The van der Waals surface area contributed by atoms with E-state index in [1.807, 2.05) is 79.9 Å². The van der Waals surface area contributed by atoms with Crippen LogP contribution in [0, 0.1) is 0 Å². The molecule has 2 aromatic carbocycles. The molecule has 4 N–H and O–H groups in total. The van der Waals surface area contributed by atoms with E-state index in [2.05, 4.69) is 35.8 Å². The maximum absolute atomic E-state index is 12.9. The highest BCUT2D eigenvalue weighted by Crippen LogP contribution is 2.25. The summed E-state index contributed by atoms with van der Waals surface area (Å²) in [6.07, 6.45) is 8.81. The van der Waals surface area contributed by atoms with Crippen molar-refractivity contribution in [3.8, 4) is 22.5 Å². The van der Waals surface area contributed by atoms with E-state index in [0.717, 1.165) is 38.8 Å². The number of amides is 1. The topological polar surface area (TPSA) is 124 Å². The molecule has 0 radical (unpaired) electrons. The Labute approximate surface area is 218 Å². The van der Waals surface area contributed by atoms with Crippen LogP contribution in [0.5, 0.6) is 0 Å². The molecule has 38 heavy (non-hydrogen) atoms. The van der Waals surface area contributed by atoms with Gasteiger partial charge in [0.15, 0.2) is 5.82 Å². The van der Waals surface area contributed by atoms with Gasteiger partial charge in [0.05, 0.1) is 12.2 Å². The molecule has 6 aromatic rings. The Morgan fingerprint density at radius 1 is 0.895 bits per heavy atom. The molecule has 0 fully saturated rings. The van der Waals surface area contributed by atoms with Crippen molar-refractivity contribution in [1.29, 1.82) is 0 Å². The third kappa shape index (κ3) is 4.85. The number of hydrogen-bond donors (Lipinski definition) is 4. The van der Waals surface area contributed by atoms with Crippen molar-refractivity contribution in [3.05, 3.63) is 109 Å². The summed E-state index contributed by atoms with van der Waals surface area (Å²) in [6.45, 7) is 1.94. The van der Waals surface area contributed by atoms with Gasteiger partial charge in [0.1, 0.15) is 11.5 Å². The number of fused-ring (bicyclic) bond motifs is 1. The minimum Gasteiger partial charge on any atom is -0.351 e. The van der Waals surface area contributed by atoms with Gasteiger partial charge < -0.3 is 15.6 Å². The van der Waals surface area contributed by atoms with Crippen molar-refractivity contribution in [2.75, 3.05) is 5.32 Å². The third-order valence-corrected chi connectivity index (χ3v) is 6.32. The number of carbonyl (C=O) groups excluding carboxylic acids is 1. The smallest absolute Gasteiger partial charge is 0.268 e. The van der Waals surface area contributed by atoms with E-state index in [0.29, 0.717) is 17.3 Å². The highest BCUT2D eigenvalue weighted by atomic mass is 16.1. The lowest BCUT2D eigenvalue weighted by Crippen LogP contribution is -2.26. The molecule has 0 aliphatic heterocycles. The van der Waals surface area contributed by atoms with E-state index in [9.17, 15) is 4.79 Å². The fourth-order valence-corrected chi connectivity index (χ4v) is 4.27. The Kier molecular flexibility index (Phi) is 6.07. The Morgan fingerprint density at radius 2 is 1.71 bits per heavy atom. The predicted molar refractivity (Wildman–Crippen MR) is 147 cm³/mol. The van der Waals surface area contributed by atoms with Crippen LogP contribution in [0.25, 0.3) is 33.4 Å². The van der Waals surface area contributed by atoms with E-state index in [1.54, 1.807) is 24.8 Å². The molecular weight excluding hydrogens is 476 g/mol. The molecule has 4 heterocycles. The van der Waals surface area contributed by atoms with Crippen molar-refractivity contribution in [3.63, 3.8) is 0 Å². The van der Waals surface area contributed by atoms with Gasteiger partial charge in [-0.2, -0.15) is 5.10 Å². The zero-order chi connectivity index (χ0) is 25.9. The van der Waals surface area contributed by atoms with Gasteiger partial charge in [-0.25, -0.2) is 9.97 Å². The predicted octanol–water partition coefficient (Wildman–Crippen LogP) is 5.64. The molecule has 0 aliphatic rings. The molecule has 0 saturated heterocycles. The molecule has 186 valence electrons. The van der Waals surface area contributed by atoms with Gasteiger partial charge in [-0.3, -0.25) is 14.9 Å². The number of rotatable bonds is 7. The summed E-state index contributed by atoms with van der Waals surface area (Å²) in [5, 5.41) is 14.1. The lowest BCUT2D eigenvalue weighted by atomic mass is 10.1. The normalized spacial score (nSPS) is 11.8. The number of anilines is 2. The van der Waals surface area contributed by atoms with Crippen LogP contribution in [-0.2, 0) is 0 Å². The van der Waals surface area contributed by atoms with Crippen molar-refractivity contribution in [1.82, 2.24) is 35.5 Å². The van der Waals surface area contributed by atoms with Crippen molar-refractivity contribution < 1.29 is 4.79 Å². The molecular formula is C29H24N8O. The van der Waals surface area contributed by atoms with Crippen LogP contribution in [0.4, 0.5) is 11.5 Å². The molecule has 0 saturated carbocycles. The molecule has 4 aromatic heterocycles. The number of nitrogens with one attached hydrogen (secondary N) is 4. The molecule has 9 heteroatoms. The number of carbonyl (C=O) groups is 1. The number of hydrogen-bond acceptors (Lipinski definition) is 6. The Hall–Kier alpha value is -5.31. The third-order valence-electron chi connectivity index (χ3n) is 6.32. The summed E-state index contributed by atoms with van der Waals surface area (Å²) in [4.78, 5) is 29.3. The number of aromatic amines is 2. The van der Waals surface area contributed by atoms with Crippen molar-refractivity contribution in [2.45, 2.75) is 13.0 Å². The minimum absolute atomic E-state index is 0.141. The van der Waals surface area contributed by atoms with E-state index >= 15 is 0 Å². The second-order valence-electron chi connectivity index (χ2n) is 8.92. The molecule has 0 spiro atoms. The van der Waals surface area contributed by atoms with Gasteiger partial charge in [0.2, 0.25) is 0 Å². The zero-order valence-electron chi connectivity index (χ0n) is 20.5. The molecule has 0 bridgehead atoms. The first-order chi connectivity index (χ1) is 18.6. The zero-order valence-corrected chi connectivity index (χ0v) is 20.5. The summed E-state index contributed by atoms with van der Waals surface area (Å²) in [5.74, 6) is 1.09. The maximum Gasteiger partial charge on any atom is 0.268 e. The SMILES string of the molecule is C[C@@H](NC(=O)c1cc2ccc(-c3nccc(Nc4ccc(-c5cn[nH]c5)cc4)n3)cc2[nH]1)c1ccncc1. The Bertz CT molecular complexity index is 1690. The Balaban J connectivity index is 1.18. The first kappa shape index (κ1) is 23.1. The quantitative estimate of drug-likeness (QED) is 0.225. The first-order valence-electron chi connectivity index (χ1n) is 12.2. The van der Waals surface area contributed by atoms with Crippen LogP contribution >= 0.6 is 0 Å². The van der Waals surface area contributed by atoms with Crippen LogP contribution in [-0.4, -0.2) is 36.0 Å². The van der Waals surface area contributed by atoms with Crippen LogP contribution in [0.15, 0.2) is 97.7 Å². The van der Waals surface area contributed by atoms with Crippen LogP contribution in [0.3, 0.4) is 0 Å². The van der Waals surface area contributed by atoms with E-state index in [1.165, 1.54) is 0 Å². The van der Waals surface area contributed by atoms with Gasteiger partial charge >= 0.3 is 0 Å². The molecule has 6 rings (SSSR count). The van der Waals surface area contributed by atoms with Crippen molar-refractivity contribution in [2.24, 2.45) is 0 Å². The first-order valence-corrected chi connectivity index (χ1v) is 12.2. The lowest BCUT2D eigenvalue weighted by Gasteiger charge is -2.13. The minimum atomic E-state index is -0.173. The highest BCUT2D eigenvalue weighted by Gasteiger charge is 2.14. The average Bonchev–Trinajstić information content (AvgIpc) is 3.64. The standard InChI is InChI=1S/C29H24N8O/c1-18(19-8-11-30-12-9-19)34-29(38)26-14-21-2-3-22(15-25(21)36-26)28-31-13-10-27(37-28)35-24-6-4-20(5-7-24)23-16-32-33-17-23/h2-18,36H,1H3,(H,32,33)(H,34,38)(H,31,35,37)/t18-/m1/s1. The molecule has 0 unspecified atom stereocenters. The number of aromatic nitrogens is 6. The summed E-state index contributed by atoms with van der Waals surface area (Å²) < 4.78 is 0. The number of pyridine rings is 1. The summed E-state index contributed by atoms with van der Waals surface area (Å²) in [6, 6.07) is 21.2. The number of benzene rings is 2. The number of H-pyrrole nitrogens is 2. The van der Waals surface area contributed by atoms with Gasteiger partial charge in [-0.05, 0) is 60.5 Å². The summed E-state index contributed by atoms with van der Waals surface area (Å²) in [7, 11) is 0. The van der Waals surface area contributed by atoms with Crippen molar-refractivity contribution >= 4 is 28.3 Å². The van der Waals surface area contributed by atoms with Crippen LogP contribution < -0.4 is 10.6 Å². The van der Waals surface area contributed by atoms with E-state index in [-0.39, 0.29) is 11.9 Å².